The molecule has 2 aromatic carbocycles. The molecule has 29 heavy (non-hydrogen) atoms. The van der Waals surface area contributed by atoms with Crippen LogP contribution in [0.2, 0.25) is 10.0 Å². The van der Waals surface area contributed by atoms with Crippen molar-refractivity contribution in [3.63, 3.8) is 0 Å². The number of rotatable bonds is 7. The first kappa shape index (κ1) is 21.4. The number of hydrogen-bond donors (Lipinski definition) is 1. The van der Waals surface area contributed by atoms with Crippen LogP contribution in [0.1, 0.15) is 19.4 Å². The number of amides is 1. The quantitative estimate of drug-likeness (QED) is 0.317. The molecule has 6 nitrogen and oxygen atoms in total. The Bertz CT molecular complexity index is 1020. The summed E-state index contributed by atoms with van der Waals surface area (Å²) in [6, 6.07) is 14.7. The molecule has 9 heteroatoms. The number of nitrogens with one attached hydrogen (secondary N) is 1. The number of aromatic nitrogens is 3. The average molecular weight is 448 g/mol. The third-order valence-corrected chi connectivity index (χ3v) is 5.55. The minimum absolute atomic E-state index is 0.177. The highest BCUT2D eigenvalue weighted by atomic mass is 35.5. The number of hydrogen-bond acceptors (Lipinski definition) is 5. The van der Waals surface area contributed by atoms with E-state index in [1.807, 2.05) is 54.8 Å². The maximum atomic E-state index is 12.2. The van der Waals surface area contributed by atoms with Crippen molar-refractivity contribution < 1.29 is 4.79 Å². The van der Waals surface area contributed by atoms with Gasteiger partial charge in [0.05, 0.1) is 11.5 Å². The van der Waals surface area contributed by atoms with Crippen molar-refractivity contribution in [2.75, 3.05) is 5.75 Å². The van der Waals surface area contributed by atoms with Gasteiger partial charge in [-0.05, 0) is 55.8 Å². The maximum absolute atomic E-state index is 12.2. The summed E-state index contributed by atoms with van der Waals surface area (Å²) in [4.78, 5) is 12.2. The van der Waals surface area contributed by atoms with E-state index in [-0.39, 0.29) is 11.7 Å². The summed E-state index contributed by atoms with van der Waals surface area (Å²) in [6.45, 7) is 4.51. The van der Waals surface area contributed by atoms with E-state index in [4.69, 9.17) is 23.2 Å². The largest absolute Gasteiger partial charge is 0.302 e. The number of thioether (sulfide) groups is 1. The Balaban J connectivity index is 1.62. The van der Waals surface area contributed by atoms with Crippen LogP contribution in [0.15, 0.2) is 58.8 Å². The van der Waals surface area contributed by atoms with Crippen LogP contribution in [0.25, 0.3) is 11.4 Å². The van der Waals surface area contributed by atoms with E-state index >= 15 is 0 Å². The first-order valence-electron chi connectivity index (χ1n) is 8.89. The summed E-state index contributed by atoms with van der Waals surface area (Å²) in [5, 5.41) is 14.6. The molecule has 0 aliphatic heterocycles. The van der Waals surface area contributed by atoms with Gasteiger partial charge in [0.15, 0.2) is 11.0 Å². The molecule has 0 saturated carbocycles. The Kier molecular flexibility index (Phi) is 7.30. The van der Waals surface area contributed by atoms with Crippen molar-refractivity contribution in [2.24, 2.45) is 5.10 Å². The van der Waals surface area contributed by atoms with E-state index in [2.05, 4.69) is 20.7 Å². The second-order valence-electron chi connectivity index (χ2n) is 6.09. The summed E-state index contributed by atoms with van der Waals surface area (Å²) >= 11 is 13.1. The van der Waals surface area contributed by atoms with Crippen LogP contribution in [0.4, 0.5) is 0 Å². The number of hydrazone groups is 1. The van der Waals surface area contributed by atoms with E-state index in [1.165, 1.54) is 11.8 Å². The summed E-state index contributed by atoms with van der Waals surface area (Å²) in [5.74, 6) is 0.696. The van der Waals surface area contributed by atoms with Crippen LogP contribution >= 0.6 is 35.0 Å². The molecular weight excluding hydrogens is 429 g/mol. The van der Waals surface area contributed by atoms with Crippen LogP contribution in [0.3, 0.4) is 0 Å². The number of carbonyl (C=O) groups excluding carboxylic acids is 1. The van der Waals surface area contributed by atoms with Crippen LogP contribution in [0, 0.1) is 0 Å². The molecule has 0 fully saturated rings. The number of benzene rings is 2. The van der Waals surface area contributed by atoms with Gasteiger partial charge in [-0.25, -0.2) is 5.43 Å². The number of nitrogens with zero attached hydrogens (tertiary/aromatic N) is 4. The maximum Gasteiger partial charge on any atom is 0.250 e. The lowest BCUT2D eigenvalue weighted by atomic mass is 10.1. The van der Waals surface area contributed by atoms with Gasteiger partial charge in [0, 0.05) is 22.2 Å². The van der Waals surface area contributed by atoms with Crippen molar-refractivity contribution in [2.45, 2.75) is 25.5 Å². The molecule has 1 aromatic heterocycles. The SMILES string of the molecule is CCn1c(SCC(=O)NN=C(C)c2ccc(Cl)cc2)nnc1-c1ccc(Cl)cc1. The van der Waals surface area contributed by atoms with Gasteiger partial charge >= 0.3 is 0 Å². The van der Waals surface area contributed by atoms with Gasteiger partial charge in [-0.2, -0.15) is 5.10 Å². The van der Waals surface area contributed by atoms with Crippen molar-refractivity contribution >= 4 is 46.6 Å². The number of carbonyl (C=O) groups is 1. The monoisotopic (exact) mass is 447 g/mol. The molecule has 0 saturated heterocycles. The molecule has 0 atom stereocenters. The zero-order valence-electron chi connectivity index (χ0n) is 15.9. The van der Waals surface area contributed by atoms with E-state index in [0.717, 1.165) is 17.0 Å². The zero-order valence-corrected chi connectivity index (χ0v) is 18.2. The molecule has 1 N–H and O–H groups in total. The van der Waals surface area contributed by atoms with Gasteiger partial charge in [0.1, 0.15) is 0 Å². The van der Waals surface area contributed by atoms with E-state index < -0.39 is 0 Å². The highest BCUT2D eigenvalue weighted by Crippen LogP contribution is 2.25. The topological polar surface area (TPSA) is 72.2 Å². The Morgan fingerprint density at radius 1 is 1.07 bits per heavy atom. The Hall–Kier alpha value is -2.35. The molecule has 1 amide bonds. The normalized spacial score (nSPS) is 11.5. The molecule has 3 rings (SSSR count). The smallest absolute Gasteiger partial charge is 0.250 e. The van der Waals surface area contributed by atoms with Gasteiger partial charge in [-0.15, -0.1) is 10.2 Å². The highest BCUT2D eigenvalue weighted by molar-refractivity contribution is 7.99. The fourth-order valence-corrected chi connectivity index (χ4v) is 3.60. The number of halogens is 2. The molecule has 1 heterocycles. The lowest BCUT2D eigenvalue weighted by molar-refractivity contribution is -0.118. The van der Waals surface area contributed by atoms with Crippen molar-refractivity contribution in [1.29, 1.82) is 0 Å². The van der Waals surface area contributed by atoms with E-state index in [1.54, 1.807) is 12.1 Å². The third-order valence-electron chi connectivity index (χ3n) is 4.08. The molecule has 0 unspecified atom stereocenters. The molecule has 0 aliphatic carbocycles. The lowest BCUT2D eigenvalue weighted by Crippen LogP contribution is -2.21. The molecule has 0 aliphatic rings. The summed E-state index contributed by atoms with van der Waals surface area (Å²) < 4.78 is 1.96. The third kappa shape index (κ3) is 5.59. The molecular formula is C20H19Cl2N5OS. The molecule has 0 radical (unpaired) electrons. The van der Waals surface area contributed by atoms with Crippen LogP contribution in [-0.2, 0) is 11.3 Å². The summed E-state index contributed by atoms with van der Waals surface area (Å²) in [5.41, 5.74) is 5.08. The minimum atomic E-state index is -0.220. The van der Waals surface area contributed by atoms with Crippen LogP contribution in [-0.4, -0.2) is 32.1 Å². The fraction of sp³-hybridized carbons (Fsp3) is 0.200. The first-order valence-corrected chi connectivity index (χ1v) is 10.6. The standard InChI is InChI=1S/C20H19Cl2N5OS/c1-3-27-19(15-6-10-17(22)11-7-15)25-26-20(27)29-12-18(28)24-23-13(2)14-4-8-16(21)9-5-14/h4-11H,3,12H2,1-2H3,(H,24,28). The van der Waals surface area contributed by atoms with E-state index in [0.29, 0.717) is 27.5 Å². The van der Waals surface area contributed by atoms with Crippen molar-refractivity contribution in [1.82, 2.24) is 20.2 Å². The van der Waals surface area contributed by atoms with Gasteiger partial charge in [0.2, 0.25) is 0 Å². The summed E-state index contributed by atoms with van der Waals surface area (Å²) in [7, 11) is 0. The second kappa shape index (κ2) is 9.91. The highest BCUT2D eigenvalue weighted by Gasteiger charge is 2.14. The fourth-order valence-electron chi connectivity index (χ4n) is 2.56. The van der Waals surface area contributed by atoms with Gasteiger partial charge in [-0.1, -0.05) is 47.1 Å². The molecule has 3 aromatic rings. The molecule has 0 spiro atoms. The Morgan fingerprint density at radius 2 is 1.69 bits per heavy atom. The second-order valence-corrected chi connectivity index (χ2v) is 7.90. The zero-order chi connectivity index (χ0) is 20.8. The lowest BCUT2D eigenvalue weighted by Gasteiger charge is -2.07. The van der Waals surface area contributed by atoms with E-state index in [9.17, 15) is 4.79 Å². The summed E-state index contributed by atoms with van der Waals surface area (Å²) in [6.07, 6.45) is 0. The van der Waals surface area contributed by atoms with Crippen molar-refractivity contribution in [3.05, 3.63) is 64.1 Å². The predicted molar refractivity (Wildman–Crippen MR) is 119 cm³/mol. The van der Waals surface area contributed by atoms with Gasteiger partial charge in [0.25, 0.3) is 5.91 Å². The molecule has 0 bridgehead atoms. The van der Waals surface area contributed by atoms with Gasteiger partial charge in [-0.3, -0.25) is 4.79 Å². The Morgan fingerprint density at radius 3 is 2.31 bits per heavy atom. The Labute approximate surface area is 183 Å². The average Bonchev–Trinajstić information content (AvgIpc) is 3.14. The van der Waals surface area contributed by atoms with Crippen molar-refractivity contribution in [3.8, 4) is 11.4 Å². The van der Waals surface area contributed by atoms with Gasteiger partial charge < -0.3 is 4.57 Å². The minimum Gasteiger partial charge on any atom is -0.302 e. The predicted octanol–water partition coefficient (Wildman–Crippen LogP) is 4.90. The first-order chi connectivity index (χ1) is 14.0. The molecule has 150 valence electrons. The van der Waals surface area contributed by atoms with Crippen LogP contribution < -0.4 is 5.43 Å². The van der Waals surface area contributed by atoms with Crippen LogP contribution in [0.5, 0.6) is 0 Å².